The number of nitrogens with zero attached hydrogens (tertiary/aromatic N) is 2. The van der Waals surface area contributed by atoms with E-state index in [1.165, 1.54) is 14.2 Å². The minimum atomic E-state index is -0.519. The normalized spacial score (nSPS) is 10.6. The van der Waals surface area contributed by atoms with Crippen molar-refractivity contribution in [3.8, 4) is 34.5 Å². The first-order chi connectivity index (χ1) is 14.6. The Bertz CT molecular complexity index is 1240. The summed E-state index contributed by atoms with van der Waals surface area (Å²) in [4.78, 5) is 21.2. The standard InChI is InChI=1S/C23H18N2O5/c1-28-19-13-7-10-16(20(19)26)21-24-17-11-5-3-8-14(17)22(25-21)30-18-12-6-4-9-15(18)23(27)29-2/h3-13,26H,1-2H3. The summed E-state index contributed by atoms with van der Waals surface area (Å²) in [6, 6.07) is 19.1. The molecule has 1 N–H and O–H groups in total. The minimum absolute atomic E-state index is 0.0730. The molecule has 0 unspecified atom stereocenters. The molecule has 0 saturated heterocycles. The fraction of sp³-hybridized carbons (Fsp3) is 0.0870. The highest BCUT2D eigenvalue weighted by Crippen LogP contribution is 2.38. The molecule has 0 spiro atoms. The number of aromatic nitrogens is 2. The van der Waals surface area contributed by atoms with E-state index < -0.39 is 5.97 Å². The molecule has 150 valence electrons. The van der Waals surface area contributed by atoms with Gasteiger partial charge in [-0.15, -0.1) is 0 Å². The number of carbonyl (C=O) groups excluding carboxylic acids is 1. The van der Waals surface area contributed by atoms with Crippen molar-refractivity contribution in [3.05, 3.63) is 72.3 Å². The molecule has 0 fully saturated rings. The zero-order valence-electron chi connectivity index (χ0n) is 16.3. The van der Waals surface area contributed by atoms with Crippen LogP contribution in [-0.4, -0.2) is 35.3 Å². The number of hydrogen-bond donors (Lipinski definition) is 1. The van der Waals surface area contributed by atoms with Gasteiger partial charge in [0.25, 0.3) is 0 Å². The number of rotatable bonds is 5. The van der Waals surface area contributed by atoms with Gasteiger partial charge < -0.3 is 19.3 Å². The van der Waals surface area contributed by atoms with Crippen LogP contribution in [0.3, 0.4) is 0 Å². The molecule has 4 rings (SSSR count). The van der Waals surface area contributed by atoms with Crippen molar-refractivity contribution in [1.29, 1.82) is 0 Å². The molecule has 0 aliphatic carbocycles. The van der Waals surface area contributed by atoms with Crippen molar-refractivity contribution in [1.82, 2.24) is 9.97 Å². The number of ether oxygens (including phenoxy) is 3. The van der Waals surface area contributed by atoms with E-state index in [2.05, 4.69) is 9.97 Å². The van der Waals surface area contributed by atoms with Gasteiger partial charge in [-0.2, -0.15) is 4.98 Å². The predicted octanol–water partition coefficient (Wildman–Crippen LogP) is 4.59. The number of hydrogen-bond acceptors (Lipinski definition) is 7. The number of benzene rings is 3. The Labute approximate surface area is 172 Å². The summed E-state index contributed by atoms with van der Waals surface area (Å²) >= 11 is 0. The molecule has 30 heavy (non-hydrogen) atoms. The first kappa shape index (κ1) is 19.2. The average Bonchev–Trinajstić information content (AvgIpc) is 2.79. The maximum absolute atomic E-state index is 12.1. The predicted molar refractivity (Wildman–Crippen MR) is 111 cm³/mol. The molecule has 0 aliphatic heterocycles. The highest BCUT2D eigenvalue weighted by molar-refractivity contribution is 5.93. The van der Waals surface area contributed by atoms with Crippen molar-refractivity contribution in [2.45, 2.75) is 0 Å². The zero-order chi connectivity index (χ0) is 21.1. The molecule has 7 heteroatoms. The van der Waals surface area contributed by atoms with Crippen LogP contribution in [0.25, 0.3) is 22.3 Å². The lowest BCUT2D eigenvalue weighted by Crippen LogP contribution is -2.04. The minimum Gasteiger partial charge on any atom is -0.504 e. The lowest BCUT2D eigenvalue weighted by atomic mass is 10.1. The number of methoxy groups -OCH3 is 2. The quantitative estimate of drug-likeness (QED) is 0.488. The number of carbonyl (C=O) groups is 1. The smallest absolute Gasteiger partial charge is 0.341 e. The second kappa shape index (κ2) is 8.08. The summed E-state index contributed by atoms with van der Waals surface area (Å²) in [6.45, 7) is 0. The SMILES string of the molecule is COC(=O)c1ccccc1Oc1nc(-c2cccc(OC)c2O)nc2ccccc12. The summed E-state index contributed by atoms with van der Waals surface area (Å²) in [6.07, 6.45) is 0. The highest BCUT2D eigenvalue weighted by Gasteiger charge is 2.18. The van der Waals surface area contributed by atoms with Crippen LogP contribution >= 0.6 is 0 Å². The van der Waals surface area contributed by atoms with E-state index >= 15 is 0 Å². The van der Waals surface area contributed by atoms with Gasteiger partial charge in [0.1, 0.15) is 11.3 Å². The Morgan fingerprint density at radius 2 is 1.60 bits per heavy atom. The fourth-order valence-electron chi connectivity index (χ4n) is 3.05. The third-order valence-electron chi connectivity index (χ3n) is 4.53. The van der Waals surface area contributed by atoms with Gasteiger partial charge in [0.05, 0.1) is 30.7 Å². The number of aromatic hydroxyl groups is 1. The molecule has 0 amide bonds. The molecule has 0 saturated carbocycles. The van der Waals surface area contributed by atoms with Crippen LogP contribution in [0.1, 0.15) is 10.4 Å². The van der Waals surface area contributed by atoms with Gasteiger partial charge in [-0.3, -0.25) is 0 Å². The number of fused-ring (bicyclic) bond motifs is 1. The van der Waals surface area contributed by atoms with E-state index in [9.17, 15) is 9.90 Å². The third kappa shape index (κ3) is 3.48. The van der Waals surface area contributed by atoms with E-state index in [1.54, 1.807) is 42.5 Å². The summed E-state index contributed by atoms with van der Waals surface area (Å²) in [7, 11) is 2.78. The number of esters is 1. The molecule has 0 atom stereocenters. The molecule has 3 aromatic carbocycles. The number of para-hydroxylation sites is 3. The summed E-state index contributed by atoms with van der Waals surface area (Å²) < 4.78 is 16.1. The van der Waals surface area contributed by atoms with Gasteiger partial charge in [0.2, 0.25) is 5.88 Å². The second-order valence-electron chi connectivity index (χ2n) is 6.32. The Morgan fingerprint density at radius 1 is 0.867 bits per heavy atom. The van der Waals surface area contributed by atoms with Crippen molar-refractivity contribution in [2.24, 2.45) is 0 Å². The van der Waals surface area contributed by atoms with Gasteiger partial charge in [-0.05, 0) is 36.4 Å². The van der Waals surface area contributed by atoms with Crippen molar-refractivity contribution in [3.63, 3.8) is 0 Å². The zero-order valence-corrected chi connectivity index (χ0v) is 16.3. The summed E-state index contributed by atoms with van der Waals surface area (Å²) in [5, 5.41) is 11.2. The molecule has 0 aliphatic rings. The van der Waals surface area contributed by atoms with Crippen LogP contribution in [0, 0.1) is 0 Å². The Morgan fingerprint density at radius 3 is 2.40 bits per heavy atom. The second-order valence-corrected chi connectivity index (χ2v) is 6.32. The number of phenols is 1. The topological polar surface area (TPSA) is 90.8 Å². The Balaban J connectivity index is 1.88. The molecule has 0 bridgehead atoms. The van der Waals surface area contributed by atoms with Crippen LogP contribution in [-0.2, 0) is 4.74 Å². The molecule has 7 nitrogen and oxygen atoms in total. The largest absolute Gasteiger partial charge is 0.504 e. The van der Waals surface area contributed by atoms with Gasteiger partial charge in [0, 0.05) is 0 Å². The maximum atomic E-state index is 12.1. The van der Waals surface area contributed by atoms with Crippen molar-refractivity contribution < 1.29 is 24.1 Å². The van der Waals surface area contributed by atoms with Gasteiger partial charge in [-0.25, -0.2) is 9.78 Å². The van der Waals surface area contributed by atoms with Crippen LogP contribution in [0.2, 0.25) is 0 Å². The highest BCUT2D eigenvalue weighted by atomic mass is 16.5. The Kier molecular flexibility index (Phi) is 5.17. The molecular formula is C23H18N2O5. The van der Waals surface area contributed by atoms with E-state index in [0.29, 0.717) is 28.0 Å². The third-order valence-corrected chi connectivity index (χ3v) is 4.53. The average molecular weight is 402 g/mol. The first-order valence-corrected chi connectivity index (χ1v) is 9.10. The monoisotopic (exact) mass is 402 g/mol. The van der Waals surface area contributed by atoms with E-state index in [4.69, 9.17) is 14.2 Å². The van der Waals surface area contributed by atoms with Gasteiger partial charge >= 0.3 is 5.97 Å². The lowest BCUT2D eigenvalue weighted by molar-refractivity contribution is 0.0598. The van der Waals surface area contributed by atoms with E-state index in [-0.39, 0.29) is 23.0 Å². The fourth-order valence-corrected chi connectivity index (χ4v) is 3.05. The molecule has 0 radical (unpaired) electrons. The molecular weight excluding hydrogens is 384 g/mol. The van der Waals surface area contributed by atoms with E-state index in [1.807, 2.05) is 24.3 Å². The first-order valence-electron chi connectivity index (χ1n) is 9.10. The van der Waals surface area contributed by atoms with Crippen LogP contribution in [0.4, 0.5) is 0 Å². The van der Waals surface area contributed by atoms with Crippen molar-refractivity contribution >= 4 is 16.9 Å². The summed E-state index contributed by atoms with van der Waals surface area (Å²) in [5.74, 6) is 0.521. The van der Waals surface area contributed by atoms with Gasteiger partial charge in [0.15, 0.2) is 17.3 Å². The lowest BCUT2D eigenvalue weighted by Gasteiger charge is -2.13. The molecule has 4 aromatic rings. The van der Waals surface area contributed by atoms with Crippen LogP contribution in [0.5, 0.6) is 23.1 Å². The maximum Gasteiger partial charge on any atom is 0.341 e. The molecule has 1 aromatic heterocycles. The molecule has 1 heterocycles. The number of phenolic OH excluding ortho intramolecular Hbond substituents is 1. The van der Waals surface area contributed by atoms with Crippen LogP contribution in [0.15, 0.2) is 66.7 Å². The van der Waals surface area contributed by atoms with Crippen LogP contribution < -0.4 is 9.47 Å². The Hall–Kier alpha value is -4.13. The summed E-state index contributed by atoms with van der Waals surface area (Å²) in [5.41, 5.74) is 1.29. The van der Waals surface area contributed by atoms with Crippen molar-refractivity contribution in [2.75, 3.05) is 14.2 Å². The van der Waals surface area contributed by atoms with E-state index in [0.717, 1.165) is 0 Å². The van der Waals surface area contributed by atoms with Gasteiger partial charge in [-0.1, -0.05) is 30.3 Å².